The van der Waals surface area contributed by atoms with Crippen LogP contribution in [0.25, 0.3) is 0 Å². The summed E-state index contributed by atoms with van der Waals surface area (Å²) in [6.45, 7) is 0. The minimum atomic E-state index is -2.20. The van der Waals surface area contributed by atoms with Gasteiger partial charge in [0.05, 0.1) is 7.11 Å². The molecule has 0 atom stereocenters. The number of hydrogen-bond acceptors (Lipinski definition) is 3. The van der Waals surface area contributed by atoms with Gasteiger partial charge in [0.25, 0.3) is 0 Å². The standard InChI is InChI=1S/C8H4F4O3/c1-15-8(14)2-3(9)4(10)5(11)6(12)7(2)13/h13H,1H3. The highest BCUT2D eigenvalue weighted by Crippen LogP contribution is 2.29. The first-order valence-corrected chi connectivity index (χ1v) is 3.55. The number of carbonyl (C=O) groups is 1. The monoisotopic (exact) mass is 224 g/mol. The Labute approximate surface area is 80.9 Å². The third-order valence-corrected chi connectivity index (χ3v) is 1.63. The molecule has 0 saturated carbocycles. The SMILES string of the molecule is COC(=O)c1c(O)c(F)c(F)c(F)c1F. The quantitative estimate of drug-likeness (QED) is 0.342. The second-order valence-corrected chi connectivity index (χ2v) is 2.47. The normalized spacial score (nSPS) is 10.2. The predicted molar refractivity (Wildman–Crippen MR) is 39.3 cm³/mol. The Morgan fingerprint density at radius 2 is 1.53 bits per heavy atom. The second kappa shape index (κ2) is 3.76. The molecule has 0 radical (unpaired) electrons. The van der Waals surface area contributed by atoms with Gasteiger partial charge in [-0.25, -0.2) is 18.0 Å². The molecule has 1 rings (SSSR count). The average molecular weight is 224 g/mol. The van der Waals surface area contributed by atoms with Crippen molar-refractivity contribution < 1.29 is 32.2 Å². The predicted octanol–water partition coefficient (Wildman–Crippen LogP) is 1.74. The van der Waals surface area contributed by atoms with Crippen molar-refractivity contribution in [3.8, 4) is 5.75 Å². The van der Waals surface area contributed by atoms with Gasteiger partial charge >= 0.3 is 5.97 Å². The van der Waals surface area contributed by atoms with Gasteiger partial charge in [0.2, 0.25) is 11.6 Å². The number of aromatic hydroxyl groups is 1. The summed E-state index contributed by atoms with van der Waals surface area (Å²) in [5.74, 6) is -11.6. The molecule has 7 heteroatoms. The summed E-state index contributed by atoms with van der Waals surface area (Å²) in [4.78, 5) is 10.8. The van der Waals surface area contributed by atoms with Crippen molar-refractivity contribution in [2.45, 2.75) is 0 Å². The largest absolute Gasteiger partial charge is 0.504 e. The van der Waals surface area contributed by atoms with E-state index in [0.717, 1.165) is 7.11 Å². The van der Waals surface area contributed by atoms with Gasteiger partial charge in [0.1, 0.15) is 5.56 Å². The van der Waals surface area contributed by atoms with E-state index in [-0.39, 0.29) is 0 Å². The first-order valence-electron chi connectivity index (χ1n) is 3.55. The van der Waals surface area contributed by atoms with Crippen molar-refractivity contribution in [2.75, 3.05) is 7.11 Å². The number of carbonyl (C=O) groups excluding carboxylic acids is 1. The molecule has 0 unspecified atom stereocenters. The number of halogens is 4. The van der Waals surface area contributed by atoms with Gasteiger partial charge < -0.3 is 9.84 Å². The fourth-order valence-electron chi connectivity index (χ4n) is 0.908. The summed E-state index contributed by atoms with van der Waals surface area (Å²) in [7, 11) is 0.806. The first-order chi connectivity index (χ1) is 6.91. The van der Waals surface area contributed by atoms with Crippen LogP contribution in [0.15, 0.2) is 0 Å². The Morgan fingerprint density at radius 3 is 2.00 bits per heavy atom. The maximum atomic E-state index is 12.9. The molecule has 0 aromatic heterocycles. The van der Waals surface area contributed by atoms with Crippen LogP contribution in [0.5, 0.6) is 5.75 Å². The molecule has 3 nitrogen and oxygen atoms in total. The van der Waals surface area contributed by atoms with Crippen LogP contribution in [0, 0.1) is 23.3 Å². The second-order valence-electron chi connectivity index (χ2n) is 2.47. The molecule has 1 aromatic rings. The molecular weight excluding hydrogens is 220 g/mol. The van der Waals surface area contributed by atoms with E-state index in [2.05, 4.69) is 4.74 Å². The highest BCUT2D eigenvalue weighted by Gasteiger charge is 2.29. The number of ether oxygens (including phenoxy) is 1. The number of hydrogen-bond donors (Lipinski definition) is 1. The van der Waals surface area contributed by atoms with E-state index in [4.69, 9.17) is 5.11 Å². The van der Waals surface area contributed by atoms with Crippen LogP contribution in [0.3, 0.4) is 0 Å². The third kappa shape index (κ3) is 1.60. The molecule has 0 spiro atoms. The van der Waals surface area contributed by atoms with Crippen LogP contribution in [0.1, 0.15) is 10.4 Å². The van der Waals surface area contributed by atoms with Crippen molar-refractivity contribution in [1.29, 1.82) is 0 Å². The van der Waals surface area contributed by atoms with Crippen molar-refractivity contribution in [1.82, 2.24) is 0 Å². The summed E-state index contributed by atoms with van der Waals surface area (Å²) in [6.07, 6.45) is 0. The van der Waals surface area contributed by atoms with Crippen molar-refractivity contribution in [3.05, 3.63) is 28.8 Å². The average Bonchev–Trinajstić information content (AvgIpc) is 2.23. The molecular formula is C8H4F4O3. The van der Waals surface area contributed by atoms with E-state index >= 15 is 0 Å². The van der Waals surface area contributed by atoms with Gasteiger partial charge in [0.15, 0.2) is 17.4 Å². The lowest BCUT2D eigenvalue weighted by molar-refractivity contribution is 0.0588. The fourth-order valence-corrected chi connectivity index (χ4v) is 0.908. The molecule has 15 heavy (non-hydrogen) atoms. The zero-order valence-electron chi connectivity index (χ0n) is 7.28. The number of benzene rings is 1. The Hall–Kier alpha value is -1.79. The topological polar surface area (TPSA) is 46.5 Å². The number of methoxy groups -OCH3 is 1. The summed E-state index contributed by atoms with van der Waals surface area (Å²) in [5, 5.41) is 8.86. The summed E-state index contributed by atoms with van der Waals surface area (Å²) in [6, 6.07) is 0. The minimum absolute atomic E-state index is 0.806. The van der Waals surface area contributed by atoms with Crippen molar-refractivity contribution in [3.63, 3.8) is 0 Å². The smallest absolute Gasteiger partial charge is 0.344 e. The molecule has 0 amide bonds. The third-order valence-electron chi connectivity index (χ3n) is 1.63. The van der Waals surface area contributed by atoms with E-state index in [9.17, 15) is 22.4 Å². The van der Waals surface area contributed by atoms with E-state index in [1.165, 1.54) is 0 Å². The lowest BCUT2D eigenvalue weighted by Gasteiger charge is -2.06. The van der Waals surface area contributed by atoms with Crippen LogP contribution in [-0.4, -0.2) is 18.2 Å². The van der Waals surface area contributed by atoms with Crippen LogP contribution in [0.2, 0.25) is 0 Å². The lowest BCUT2D eigenvalue weighted by atomic mass is 10.1. The van der Waals surface area contributed by atoms with E-state index in [0.29, 0.717) is 0 Å². The molecule has 0 bridgehead atoms. The summed E-state index contributed by atoms with van der Waals surface area (Å²) in [5.41, 5.74) is -1.38. The van der Waals surface area contributed by atoms with Gasteiger partial charge in [0, 0.05) is 0 Å². The van der Waals surface area contributed by atoms with Crippen LogP contribution in [0.4, 0.5) is 17.6 Å². The number of rotatable bonds is 1. The Balaban J connectivity index is 3.60. The molecule has 0 aliphatic rings. The lowest BCUT2D eigenvalue weighted by Crippen LogP contribution is -2.10. The maximum Gasteiger partial charge on any atom is 0.344 e. The number of phenolic OH excluding ortho intramolecular Hbond substituents is 1. The van der Waals surface area contributed by atoms with Crippen molar-refractivity contribution >= 4 is 5.97 Å². The van der Waals surface area contributed by atoms with Gasteiger partial charge in [-0.15, -0.1) is 0 Å². The summed E-state index contributed by atoms with van der Waals surface area (Å²) >= 11 is 0. The number of phenols is 1. The molecule has 0 saturated heterocycles. The molecule has 1 N–H and O–H groups in total. The zero-order chi connectivity index (χ0) is 11.7. The van der Waals surface area contributed by atoms with E-state index in [1.807, 2.05) is 0 Å². The highest BCUT2D eigenvalue weighted by atomic mass is 19.2. The van der Waals surface area contributed by atoms with Gasteiger partial charge in [-0.3, -0.25) is 0 Å². The molecule has 0 aliphatic heterocycles. The van der Waals surface area contributed by atoms with Crippen LogP contribution < -0.4 is 0 Å². The van der Waals surface area contributed by atoms with Crippen molar-refractivity contribution in [2.24, 2.45) is 0 Å². The molecule has 82 valence electrons. The fraction of sp³-hybridized carbons (Fsp3) is 0.125. The van der Waals surface area contributed by atoms with E-state index in [1.54, 1.807) is 0 Å². The minimum Gasteiger partial charge on any atom is -0.504 e. The molecule has 0 heterocycles. The highest BCUT2D eigenvalue weighted by molar-refractivity contribution is 5.92. The Kier molecular flexibility index (Phi) is 2.83. The van der Waals surface area contributed by atoms with E-state index < -0.39 is 40.6 Å². The zero-order valence-corrected chi connectivity index (χ0v) is 7.28. The Bertz CT molecular complexity index is 401. The first kappa shape index (κ1) is 11.3. The Morgan fingerprint density at radius 1 is 1.07 bits per heavy atom. The van der Waals surface area contributed by atoms with Gasteiger partial charge in [-0.05, 0) is 0 Å². The molecule has 0 aliphatic carbocycles. The van der Waals surface area contributed by atoms with Gasteiger partial charge in [-0.1, -0.05) is 0 Å². The molecule has 1 aromatic carbocycles. The van der Waals surface area contributed by atoms with Gasteiger partial charge in [-0.2, -0.15) is 4.39 Å². The maximum absolute atomic E-state index is 12.9. The van der Waals surface area contributed by atoms with Crippen LogP contribution >= 0.6 is 0 Å². The van der Waals surface area contributed by atoms with Crippen LogP contribution in [-0.2, 0) is 4.74 Å². The molecule has 0 fully saturated rings. The summed E-state index contributed by atoms with van der Waals surface area (Å²) < 4.78 is 54.7. The number of esters is 1.